The zero-order valence-corrected chi connectivity index (χ0v) is 17.1. The van der Waals surface area contributed by atoms with Crippen molar-refractivity contribution in [2.24, 2.45) is 4.99 Å². The zero-order chi connectivity index (χ0) is 16.8. The monoisotopic (exact) mass is 452 g/mol. The van der Waals surface area contributed by atoms with Gasteiger partial charge >= 0.3 is 0 Å². The van der Waals surface area contributed by atoms with Crippen molar-refractivity contribution in [3.05, 3.63) is 54.0 Å². The molecule has 3 heterocycles. The van der Waals surface area contributed by atoms with Crippen molar-refractivity contribution in [2.45, 2.75) is 13.5 Å². The number of aliphatic imine (C=N–C) groups is 1. The second-order valence-corrected chi connectivity index (χ2v) is 5.83. The highest BCUT2D eigenvalue weighted by Crippen LogP contribution is 2.12. The molecule has 7 heteroatoms. The lowest BCUT2D eigenvalue weighted by Crippen LogP contribution is -2.52. The molecule has 0 radical (unpaired) electrons. The number of nitrogens with one attached hydrogen (secondary N) is 1. The molecular formula is C18H25IN6. The Labute approximate surface area is 166 Å². The van der Waals surface area contributed by atoms with E-state index < -0.39 is 0 Å². The molecule has 0 aliphatic carbocycles. The first-order chi connectivity index (χ1) is 11.8. The Morgan fingerprint density at radius 3 is 2.56 bits per heavy atom. The van der Waals surface area contributed by atoms with Crippen molar-refractivity contribution in [3.8, 4) is 0 Å². The van der Waals surface area contributed by atoms with Crippen LogP contribution in [0.5, 0.6) is 0 Å². The molecule has 6 nitrogen and oxygen atoms in total. The van der Waals surface area contributed by atoms with Crippen molar-refractivity contribution >= 4 is 35.8 Å². The lowest BCUT2D eigenvalue weighted by Gasteiger charge is -2.37. The van der Waals surface area contributed by atoms with Gasteiger partial charge in [-0.05, 0) is 31.2 Å². The van der Waals surface area contributed by atoms with Crippen LogP contribution in [-0.4, -0.2) is 54.1 Å². The van der Waals surface area contributed by atoms with Gasteiger partial charge in [0.1, 0.15) is 5.82 Å². The Bertz CT molecular complexity index is 683. The fourth-order valence-electron chi connectivity index (χ4n) is 2.89. The summed E-state index contributed by atoms with van der Waals surface area (Å²) in [6.45, 7) is 6.44. The van der Waals surface area contributed by atoms with E-state index in [9.17, 15) is 0 Å². The van der Waals surface area contributed by atoms with Gasteiger partial charge in [0, 0.05) is 45.1 Å². The molecular weight excluding hydrogens is 427 g/mol. The Hall–Kier alpha value is -1.90. The molecule has 134 valence electrons. The molecule has 1 aliphatic heterocycles. The molecule has 2 aromatic heterocycles. The van der Waals surface area contributed by atoms with Crippen molar-refractivity contribution in [1.29, 1.82) is 0 Å². The quantitative estimate of drug-likeness (QED) is 0.440. The first-order valence-corrected chi connectivity index (χ1v) is 8.30. The summed E-state index contributed by atoms with van der Waals surface area (Å²) < 4.78 is 0. The van der Waals surface area contributed by atoms with Gasteiger partial charge in [0.05, 0.1) is 12.2 Å². The van der Waals surface area contributed by atoms with Crippen molar-refractivity contribution in [2.75, 3.05) is 38.1 Å². The van der Waals surface area contributed by atoms with Crippen molar-refractivity contribution in [1.82, 2.24) is 20.2 Å². The predicted octanol–water partition coefficient (Wildman–Crippen LogP) is 2.30. The van der Waals surface area contributed by atoms with Gasteiger partial charge in [-0.25, -0.2) is 4.98 Å². The molecule has 1 N–H and O–H groups in total. The molecule has 0 amide bonds. The van der Waals surface area contributed by atoms with Crippen molar-refractivity contribution in [3.63, 3.8) is 0 Å². The maximum absolute atomic E-state index is 4.52. The summed E-state index contributed by atoms with van der Waals surface area (Å²) >= 11 is 0. The lowest BCUT2D eigenvalue weighted by molar-refractivity contribution is 0.371. The molecule has 0 saturated carbocycles. The average molecular weight is 452 g/mol. The molecule has 1 fully saturated rings. The number of anilines is 1. The van der Waals surface area contributed by atoms with Gasteiger partial charge in [0.25, 0.3) is 0 Å². The topological polar surface area (TPSA) is 56.7 Å². The first-order valence-electron chi connectivity index (χ1n) is 8.30. The Morgan fingerprint density at radius 1 is 1.12 bits per heavy atom. The third-order valence-electron chi connectivity index (χ3n) is 4.14. The standard InChI is InChI=1S/C18H24N6.HI/c1-15-6-5-7-16(22-15)14-21-18(19-2)24-12-10-23(11-13-24)17-8-3-4-9-20-17;/h3-9H,10-14H2,1-2H3,(H,19,21);1H. The summed E-state index contributed by atoms with van der Waals surface area (Å²) in [4.78, 5) is 18.0. The van der Waals surface area contributed by atoms with Crippen LogP contribution in [-0.2, 0) is 6.54 Å². The molecule has 25 heavy (non-hydrogen) atoms. The van der Waals surface area contributed by atoms with Crippen LogP contribution in [0.25, 0.3) is 0 Å². The van der Waals surface area contributed by atoms with Crippen LogP contribution in [0.15, 0.2) is 47.6 Å². The van der Waals surface area contributed by atoms with Crippen LogP contribution in [0.2, 0.25) is 0 Å². The van der Waals surface area contributed by atoms with Crippen LogP contribution >= 0.6 is 24.0 Å². The van der Waals surface area contributed by atoms with Crippen LogP contribution in [0.1, 0.15) is 11.4 Å². The second-order valence-electron chi connectivity index (χ2n) is 5.83. The van der Waals surface area contributed by atoms with Crippen LogP contribution in [0.3, 0.4) is 0 Å². The smallest absolute Gasteiger partial charge is 0.194 e. The minimum atomic E-state index is 0. The highest BCUT2D eigenvalue weighted by molar-refractivity contribution is 14.0. The Morgan fingerprint density at radius 2 is 1.92 bits per heavy atom. The minimum Gasteiger partial charge on any atom is -0.353 e. The Kier molecular flexibility index (Phi) is 7.42. The summed E-state index contributed by atoms with van der Waals surface area (Å²) in [5, 5.41) is 3.42. The summed E-state index contributed by atoms with van der Waals surface area (Å²) in [7, 11) is 1.83. The van der Waals surface area contributed by atoms with E-state index in [-0.39, 0.29) is 24.0 Å². The van der Waals surface area contributed by atoms with E-state index in [2.05, 4.69) is 36.1 Å². The van der Waals surface area contributed by atoms with Crippen LogP contribution in [0.4, 0.5) is 5.82 Å². The third kappa shape index (κ3) is 5.29. The minimum absolute atomic E-state index is 0. The van der Waals surface area contributed by atoms with E-state index in [0.717, 1.165) is 49.3 Å². The van der Waals surface area contributed by atoms with E-state index in [0.29, 0.717) is 6.54 Å². The molecule has 0 aromatic carbocycles. The number of pyridine rings is 2. The molecule has 0 unspecified atom stereocenters. The van der Waals surface area contributed by atoms with E-state index >= 15 is 0 Å². The molecule has 1 aliphatic rings. The summed E-state index contributed by atoms with van der Waals surface area (Å²) in [5.74, 6) is 1.98. The van der Waals surface area contributed by atoms with E-state index in [1.54, 1.807) is 0 Å². The number of hydrogen-bond donors (Lipinski definition) is 1. The number of aromatic nitrogens is 2. The molecule has 0 spiro atoms. The number of halogens is 1. The highest BCUT2D eigenvalue weighted by atomic mass is 127. The van der Waals surface area contributed by atoms with Gasteiger partial charge in [-0.3, -0.25) is 9.98 Å². The molecule has 3 rings (SSSR count). The number of rotatable bonds is 3. The SMILES string of the molecule is CN=C(NCc1cccc(C)n1)N1CCN(c2ccccn2)CC1.I. The molecule has 0 bridgehead atoms. The average Bonchev–Trinajstić information content (AvgIpc) is 2.64. The fraction of sp³-hybridized carbons (Fsp3) is 0.389. The largest absolute Gasteiger partial charge is 0.353 e. The molecule has 2 aromatic rings. The fourth-order valence-corrected chi connectivity index (χ4v) is 2.89. The summed E-state index contributed by atoms with van der Waals surface area (Å²) in [6.07, 6.45) is 1.84. The summed E-state index contributed by atoms with van der Waals surface area (Å²) in [6, 6.07) is 12.1. The predicted molar refractivity (Wildman–Crippen MR) is 113 cm³/mol. The number of piperazine rings is 1. The van der Waals surface area contributed by atoms with Crippen molar-refractivity contribution < 1.29 is 0 Å². The molecule has 0 atom stereocenters. The van der Waals surface area contributed by atoms with Gasteiger partial charge in [-0.2, -0.15) is 0 Å². The maximum Gasteiger partial charge on any atom is 0.194 e. The van der Waals surface area contributed by atoms with E-state index in [4.69, 9.17) is 0 Å². The van der Waals surface area contributed by atoms with Gasteiger partial charge in [-0.1, -0.05) is 12.1 Å². The third-order valence-corrected chi connectivity index (χ3v) is 4.14. The number of guanidine groups is 1. The lowest BCUT2D eigenvalue weighted by atomic mass is 10.3. The van der Waals surface area contributed by atoms with Gasteiger partial charge < -0.3 is 15.1 Å². The second kappa shape index (κ2) is 9.55. The first kappa shape index (κ1) is 19.4. The highest BCUT2D eigenvalue weighted by Gasteiger charge is 2.20. The number of aryl methyl sites for hydroxylation is 1. The van der Waals surface area contributed by atoms with Crippen LogP contribution in [0, 0.1) is 6.92 Å². The summed E-state index contributed by atoms with van der Waals surface area (Å²) in [5.41, 5.74) is 2.07. The van der Waals surface area contributed by atoms with Gasteiger partial charge in [-0.15, -0.1) is 24.0 Å². The normalized spacial score (nSPS) is 14.9. The zero-order valence-electron chi connectivity index (χ0n) is 14.7. The van der Waals surface area contributed by atoms with E-state index in [1.165, 1.54) is 0 Å². The Balaban J connectivity index is 0.00000225. The molecule has 1 saturated heterocycles. The van der Waals surface area contributed by atoms with Crippen LogP contribution < -0.4 is 10.2 Å². The van der Waals surface area contributed by atoms with Gasteiger partial charge in [0.2, 0.25) is 0 Å². The number of hydrogen-bond acceptors (Lipinski definition) is 4. The van der Waals surface area contributed by atoms with E-state index in [1.807, 2.05) is 50.5 Å². The number of nitrogens with zero attached hydrogens (tertiary/aromatic N) is 5. The van der Waals surface area contributed by atoms with Gasteiger partial charge in [0.15, 0.2) is 5.96 Å². The maximum atomic E-state index is 4.52.